The molecule has 0 aromatic heterocycles. The largest absolute Gasteiger partial charge is 0.486 e. The Kier molecular flexibility index (Phi) is 3.42. The second-order valence-corrected chi connectivity index (χ2v) is 4.92. The molecule has 1 heterocycles. The van der Waals surface area contributed by atoms with Gasteiger partial charge in [-0.05, 0) is 24.6 Å². The topological polar surface area (TPSA) is 35.5 Å². The molecule has 0 radical (unpaired) electrons. The van der Waals surface area contributed by atoms with Gasteiger partial charge in [-0.15, -0.1) is 0 Å². The number of hydrogen-bond donors (Lipinski definition) is 0. The molecule has 2 aromatic carbocycles. The number of ketones is 1. The Labute approximate surface area is 118 Å². The molecule has 0 saturated carbocycles. The average Bonchev–Trinajstić information content (AvgIpc) is 2.46. The van der Waals surface area contributed by atoms with E-state index in [1.165, 1.54) is 0 Å². The number of carbonyl (C=O) groups excluding carboxylic acids is 1. The highest BCUT2D eigenvalue weighted by Crippen LogP contribution is 2.34. The number of carbonyl (C=O) groups is 1. The van der Waals surface area contributed by atoms with Gasteiger partial charge in [-0.3, -0.25) is 4.79 Å². The SMILES string of the molecule is Cc1cccc(CC(=O)c2cccc3c2OCCO3)c1. The van der Waals surface area contributed by atoms with Crippen molar-refractivity contribution in [2.24, 2.45) is 0 Å². The van der Waals surface area contributed by atoms with Crippen LogP contribution < -0.4 is 9.47 Å². The van der Waals surface area contributed by atoms with Gasteiger partial charge in [-0.1, -0.05) is 35.9 Å². The number of aryl methyl sites for hydroxylation is 1. The van der Waals surface area contributed by atoms with Crippen LogP contribution in [0.2, 0.25) is 0 Å². The van der Waals surface area contributed by atoms with E-state index in [2.05, 4.69) is 0 Å². The lowest BCUT2D eigenvalue weighted by Crippen LogP contribution is -2.18. The minimum Gasteiger partial charge on any atom is -0.486 e. The highest BCUT2D eigenvalue weighted by molar-refractivity contribution is 6.00. The van der Waals surface area contributed by atoms with Crippen LogP contribution in [0.4, 0.5) is 0 Å². The normalized spacial score (nSPS) is 13.1. The Balaban J connectivity index is 1.88. The van der Waals surface area contributed by atoms with Crippen LogP contribution in [-0.2, 0) is 6.42 Å². The first kappa shape index (κ1) is 12.7. The second-order valence-electron chi connectivity index (χ2n) is 4.92. The van der Waals surface area contributed by atoms with Crippen LogP contribution in [0.15, 0.2) is 42.5 Å². The molecule has 0 aliphatic carbocycles. The predicted octanol–water partition coefficient (Wildman–Crippen LogP) is 3.19. The van der Waals surface area contributed by atoms with E-state index in [0.717, 1.165) is 11.1 Å². The summed E-state index contributed by atoms with van der Waals surface area (Å²) >= 11 is 0. The van der Waals surface area contributed by atoms with Gasteiger partial charge in [0.05, 0.1) is 5.56 Å². The third-order valence-electron chi connectivity index (χ3n) is 3.31. The maximum Gasteiger partial charge on any atom is 0.172 e. The van der Waals surface area contributed by atoms with Gasteiger partial charge in [0.2, 0.25) is 0 Å². The van der Waals surface area contributed by atoms with Crippen LogP contribution in [0.3, 0.4) is 0 Å². The summed E-state index contributed by atoms with van der Waals surface area (Å²) in [4.78, 5) is 12.5. The molecule has 3 rings (SSSR count). The van der Waals surface area contributed by atoms with Crippen LogP contribution in [-0.4, -0.2) is 19.0 Å². The van der Waals surface area contributed by atoms with Crippen LogP contribution >= 0.6 is 0 Å². The van der Waals surface area contributed by atoms with E-state index >= 15 is 0 Å². The molecule has 0 fully saturated rings. The summed E-state index contributed by atoms with van der Waals surface area (Å²) in [7, 11) is 0. The quantitative estimate of drug-likeness (QED) is 0.802. The lowest BCUT2D eigenvalue weighted by molar-refractivity contribution is 0.0982. The highest BCUT2D eigenvalue weighted by Gasteiger charge is 2.20. The number of ether oxygens (including phenoxy) is 2. The molecule has 0 atom stereocenters. The maximum absolute atomic E-state index is 12.5. The van der Waals surface area contributed by atoms with Crippen molar-refractivity contribution in [2.75, 3.05) is 13.2 Å². The molecule has 0 bridgehead atoms. The van der Waals surface area contributed by atoms with E-state index in [1.54, 1.807) is 6.07 Å². The van der Waals surface area contributed by atoms with Crippen LogP contribution in [0, 0.1) is 6.92 Å². The number of para-hydroxylation sites is 1. The van der Waals surface area contributed by atoms with Crippen molar-refractivity contribution in [1.82, 2.24) is 0 Å². The van der Waals surface area contributed by atoms with Crippen LogP contribution in [0.25, 0.3) is 0 Å². The number of Topliss-reactive ketones (excluding diaryl/α,β-unsaturated/α-hetero) is 1. The Bertz CT molecular complexity index is 646. The smallest absolute Gasteiger partial charge is 0.172 e. The van der Waals surface area contributed by atoms with Gasteiger partial charge in [0.25, 0.3) is 0 Å². The maximum atomic E-state index is 12.5. The fourth-order valence-corrected chi connectivity index (χ4v) is 2.40. The Morgan fingerprint density at radius 1 is 1.10 bits per heavy atom. The van der Waals surface area contributed by atoms with Crippen LogP contribution in [0.1, 0.15) is 21.5 Å². The highest BCUT2D eigenvalue weighted by atomic mass is 16.6. The van der Waals surface area contributed by atoms with Gasteiger partial charge in [0, 0.05) is 6.42 Å². The van der Waals surface area contributed by atoms with E-state index < -0.39 is 0 Å². The molecule has 3 nitrogen and oxygen atoms in total. The zero-order valence-corrected chi connectivity index (χ0v) is 11.4. The van der Waals surface area contributed by atoms with E-state index in [0.29, 0.717) is 36.7 Å². The Morgan fingerprint density at radius 2 is 1.90 bits per heavy atom. The van der Waals surface area contributed by atoms with Crippen molar-refractivity contribution in [3.05, 3.63) is 59.2 Å². The van der Waals surface area contributed by atoms with E-state index in [1.807, 2.05) is 43.3 Å². The molecule has 1 aliphatic heterocycles. The molecule has 0 unspecified atom stereocenters. The fourth-order valence-electron chi connectivity index (χ4n) is 2.40. The molecule has 0 amide bonds. The average molecular weight is 268 g/mol. The predicted molar refractivity (Wildman–Crippen MR) is 76.6 cm³/mol. The van der Waals surface area contributed by atoms with E-state index in [-0.39, 0.29) is 5.78 Å². The molecule has 0 spiro atoms. The lowest BCUT2D eigenvalue weighted by Gasteiger charge is -2.20. The molecule has 1 aliphatic rings. The van der Waals surface area contributed by atoms with Crippen molar-refractivity contribution in [3.63, 3.8) is 0 Å². The van der Waals surface area contributed by atoms with Crippen molar-refractivity contribution in [2.45, 2.75) is 13.3 Å². The first-order valence-electron chi connectivity index (χ1n) is 6.71. The van der Waals surface area contributed by atoms with Crippen molar-refractivity contribution < 1.29 is 14.3 Å². The summed E-state index contributed by atoms with van der Waals surface area (Å²) in [5.74, 6) is 1.29. The second kappa shape index (κ2) is 5.37. The number of hydrogen-bond acceptors (Lipinski definition) is 3. The van der Waals surface area contributed by atoms with Crippen LogP contribution in [0.5, 0.6) is 11.5 Å². The lowest BCUT2D eigenvalue weighted by atomic mass is 10.0. The summed E-state index contributed by atoms with van der Waals surface area (Å²) in [6, 6.07) is 13.5. The zero-order valence-electron chi connectivity index (χ0n) is 11.4. The van der Waals surface area contributed by atoms with Gasteiger partial charge < -0.3 is 9.47 Å². The Hall–Kier alpha value is -2.29. The third-order valence-corrected chi connectivity index (χ3v) is 3.31. The first-order chi connectivity index (χ1) is 9.74. The van der Waals surface area contributed by atoms with Gasteiger partial charge in [-0.2, -0.15) is 0 Å². The summed E-state index contributed by atoms with van der Waals surface area (Å²) in [5.41, 5.74) is 2.78. The number of benzene rings is 2. The molecular weight excluding hydrogens is 252 g/mol. The standard InChI is InChI=1S/C17H16O3/c1-12-4-2-5-13(10-12)11-15(18)14-6-3-7-16-17(14)20-9-8-19-16/h2-7,10H,8-9,11H2,1H3. The molecule has 3 heteroatoms. The monoisotopic (exact) mass is 268 g/mol. The number of fused-ring (bicyclic) bond motifs is 1. The summed E-state index contributed by atoms with van der Waals surface area (Å²) in [5, 5.41) is 0. The summed E-state index contributed by atoms with van der Waals surface area (Å²) in [6.07, 6.45) is 0.376. The third kappa shape index (κ3) is 2.52. The first-order valence-corrected chi connectivity index (χ1v) is 6.71. The minimum absolute atomic E-state index is 0.0537. The summed E-state index contributed by atoms with van der Waals surface area (Å²) in [6.45, 7) is 3.04. The summed E-state index contributed by atoms with van der Waals surface area (Å²) < 4.78 is 11.1. The van der Waals surface area contributed by atoms with Gasteiger partial charge in [0.15, 0.2) is 17.3 Å². The van der Waals surface area contributed by atoms with Crippen molar-refractivity contribution in [1.29, 1.82) is 0 Å². The fraction of sp³-hybridized carbons (Fsp3) is 0.235. The van der Waals surface area contributed by atoms with Gasteiger partial charge in [-0.25, -0.2) is 0 Å². The van der Waals surface area contributed by atoms with Gasteiger partial charge in [0.1, 0.15) is 13.2 Å². The number of rotatable bonds is 3. The molecule has 2 aromatic rings. The van der Waals surface area contributed by atoms with Gasteiger partial charge >= 0.3 is 0 Å². The molecule has 102 valence electrons. The van der Waals surface area contributed by atoms with Crippen molar-refractivity contribution in [3.8, 4) is 11.5 Å². The minimum atomic E-state index is 0.0537. The molecular formula is C17H16O3. The molecule has 20 heavy (non-hydrogen) atoms. The van der Waals surface area contributed by atoms with Crippen molar-refractivity contribution >= 4 is 5.78 Å². The van der Waals surface area contributed by atoms with E-state index in [4.69, 9.17) is 9.47 Å². The Morgan fingerprint density at radius 3 is 2.75 bits per heavy atom. The van der Waals surface area contributed by atoms with E-state index in [9.17, 15) is 4.79 Å². The molecule has 0 saturated heterocycles. The zero-order chi connectivity index (χ0) is 13.9. The molecule has 0 N–H and O–H groups in total.